The van der Waals surface area contributed by atoms with Gasteiger partial charge in [0.1, 0.15) is 5.78 Å². The van der Waals surface area contributed by atoms with Crippen molar-refractivity contribution in [1.82, 2.24) is 0 Å². The predicted octanol–water partition coefficient (Wildman–Crippen LogP) is 4.44. The third-order valence-corrected chi connectivity index (χ3v) is 8.84. The van der Waals surface area contributed by atoms with E-state index in [1.165, 1.54) is 0 Å². The van der Waals surface area contributed by atoms with Gasteiger partial charge in [0.2, 0.25) is 0 Å². The van der Waals surface area contributed by atoms with E-state index in [9.17, 15) is 14.7 Å². The number of carbonyl (C=O) groups excluding carboxylic acids is 1. The van der Waals surface area contributed by atoms with Gasteiger partial charge in [-0.05, 0) is 74.5 Å². The first-order chi connectivity index (χ1) is 10.7. The third-order valence-electron chi connectivity index (χ3n) is 8.84. The fourth-order valence-corrected chi connectivity index (χ4v) is 7.76. The van der Waals surface area contributed by atoms with Gasteiger partial charge in [0.05, 0.1) is 5.41 Å². The zero-order valence-corrected chi connectivity index (χ0v) is 14.8. The molecule has 1 N–H and O–H groups in total. The molecule has 0 radical (unpaired) electrons. The molecule has 3 nitrogen and oxygen atoms in total. The highest BCUT2D eigenvalue weighted by atomic mass is 16.4. The van der Waals surface area contributed by atoms with Crippen LogP contribution < -0.4 is 0 Å². The molecule has 23 heavy (non-hydrogen) atoms. The summed E-state index contributed by atoms with van der Waals surface area (Å²) in [5, 5.41) is 9.91. The number of hydrogen-bond donors (Lipinski definition) is 1. The number of hydrogen-bond acceptors (Lipinski definition) is 2. The van der Waals surface area contributed by atoms with Gasteiger partial charge in [-0.3, -0.25) is 9.59 Å². The number of carbonyl (C=O) groups is 2. The summed E-state index contributed by atoms with van der Waals surface area (Å²) in [6, 6.07) is 0. The molecule has 4 aliphatic rings. The highest BCUT2D eigenvalue weighted by molar-refractivity contribution is 5.88. The van der Waals surface area contributed by atoms with Crippen LogP contribution in [0.15, 0.2) is 0 Å². The van der Waals surface area contributed by atoms with Gasteiger partial charge in [0, 0.05) is 11.8 Å². The van der Waals surface area contributed by atoms with Gasteiger partial charge in [0.15, 0.2) is 0 Å². The minimum absolute atomic E-state index is 0.0789. The normalized spacial score (nSPS) is 55.2. The van der Waals surface area contributed by atoms with Crippen molar-refractivity contribution < 1.29 is 14.7 Å². The molecular weight excluding hydrogens is 288 g/mol. The number of Topliss-reactive ketones (excluding diaryl/α,β-unsaturated/α-hetero) is 1. The van der Waals surface area contributed by atoms with Crippen molar-refractivity contribution in [3.05, 3.63) is 0 Å². The van der Waals surface area contributed by atoms with Crippen molar-refractivity contribution in [3.8, 4) is 0 Å². The van der Waals surface area contributed by atoms with Crippen LogP contribution in [0.1, 0.15) is 78.6 Å². The second kappa shape index (κ2) is 4.40. The first-order valence-corrected chi connectivity index (χ1v) is 9.43. The summed E-state index contributed by atoms with van der Waals surface area (Å²) in [5.74, 6) is 0.704. The average molecular weight is 318 g/mol. The summed E-state index contributed by atoms with van der Waals surface area (Å²) in [7, 11) is 0. The van der Waals surface area contributed by atoms with Gasteiger partial charge in [0.25, 0.3) is 0 Å². The number of rotatable bonds is 1. The Kier molecular flexibility index (Phi) is 3.00. The van der Waals surface area contributed by atoms with Gasteiger partial charge in [-0.25, -0.2) is 0 Å². The number of fused-ring (bicyclic) bond motifs is 3. The van der Waals surface area contributed by atoms with E-state index in [1.54, 1.807) is 0 Å². The fraction of sp³-hybridized carbons (Fsp3) is 0.900. The smallest absolute Gasteiger partial charge is 0.309 e. The molecular formula is C20H30O3. The Morgan fingerprint density at radius 3 is 2.43 bits per heavy atom. The molecule has 0 aromatic carbocycles. The van der Waals surface area contributed by atoms with E-state index in [4.69, 9.17) is 0 Å². The van der Waals surface area contributed by atoms with Crippen LogP contribution in [-0.2, 0) is 9.59 Å². The van der Waals surface area contributed by atoms with Crippen LogP contribution in [0.3, 0.4) is 0 Å². The molecule has 6 atom stereocenters. The molecule has 0 aliphatic heterocycles. The van der Waals surface area contributed by atoms with Crippen molar-refractivity contribution in [2.45, 2.75) is 78.6 Å². The van der Waals surface area contributed by atoms with E-state index in [2.05, 4.69) is 13.8 Å². The maximum absolute atomic E-state index is 12.6. The van der Waals surface area contributed by atoms with Crippen LogP contribution in [-0.4, -0.2) is 16.9 Å². The van der Waals surface area contributed by atoms with E-state index in [0.717, 1.165) is 57.8 Å². The maximum Gasteiger partial charge on any atom is 0.309 e. The van der Waals surface area contributed by atoms with Crippen LogP contribution in [0.4, 0.5) is 0 Å². The Labute approximate surface area is 139 Å². The lowest BCUT2D eigenvalue weighted by atomic mass is 9.40. The Bertz CT molecular complexity index is 583. The van der Waals surface area contributed by atoms with Gasteiger partial charge >= 0.3 is 5.97 Å². The Hall–Kier alpha value is -0.860. The van der Waals surface area contributed by atoms with Gasteiger partial charge in [-0.1, -0.05) is 20.3 Å². The second-order valence-electron chi connectivity index (χ2n) is 9.96. The van der Waals surface area contributed by atoms with Crippen LogP contribution in [0.2, 0.25) is 0 Å². The third kappa shape index (κ3) is 1.77. The van der Waals surface area contributed by atoms with E-state index >= 15 is 0 Å². The molecule has 0 saturated heterocycles. The number of carboxylic acid groups (broad SMARTS) is 1. The lowest BCUT2D eigenvalue weighted by molar-refractivity contribution is -0.182. The van der Waals surface area contributed by atoms with Gasteiger partial charge in [-0.2, -0.15) is 0 Å². The van der Waals surface area contributed by atoms with Crippen LogP contribution in [0.5, 0.6) is 0 Å². The molecule has 0 heterocycles. The number of carboxylic acids is 1. The summed E-state index contributed by atoms with van der Waals surface area (Å²) in [5.41, 5.74) is -0.357. The Morgan fingerprint density at radius 1 is 1.04 bits per heavy atom. The van der Waals surface area contributed by atoms with E-state index < -0.39 is 11.4 Å². The summed E-state index contributed by atoms with van der Waals surface area (Å²) in [4.78, 5) is 24.7. The fourth-order valence-electron chi connectivity index (χ4n) is 7.76. The van der Waals surface area contributed by atoms with Crippen molar-refractivity contribution in [2.24, 2.45) is 33.5 Å². The standard InChI is InChI=1S/C20H30O3/c1-17-9-5-14-18(2)7-4-8-19(3,16(22)23)13(18)6-10-20(14,12-17)11-15(17)21/h13-14H,4-12H2,1-3H3,(H,22,23)/t13?,14-,17-,18+,19+,20-/m0/s1. The van der Waals surface area contributed by atoms with Crippen LogP contribution >= 0.6 is 0 Å². The zero-order valence-electron chi connectivity index (χ0n) is 14.8. The highest BCUT2D eigenvalue weighted by Crippen LogP contribution is 2.72. The minimum atomic E-state index is -0.604. The van der Waals surface area contributed by atoms with Crippen molar-refractivity contribution in [2.75, 3.05) is 0 Å². The first-order valence-electron chi connectivity index (χ1n) is 9.43. The monoisotopic (exact) mass is 318 g/mol. The molecule has 4 aliphatic carbocycles. The Balaban J connectivity index is 1.76. The van der Waals surface area contributed by atoms with Gasteiger partial charge < -0.3 is 5.11 Å². The number of ketones is 1. The van der Waals surface area contributed by atoms with Crippen molar-refractivity contribution in [1.29, 1.82) is 0 Å². The summed E-state index contributed by atoms with van der Waals surface area (Å²) in [6.45, 7) is 6.54. The molecule has 128 valence electrons. The Morgan fingerprint density at radius 2 is 1.74 bits per heavy atom. The lowest BCUT2D eigenvalue weighted by Crippen LogP contribution is -2.58. The maximum atomic E-state index is 12.6. The van der Waals surface area contributed by atoms with E-state index in [1.807, 2.05) is 6.92 Å². The quantitative estimate of drug-likeness (QED) is 0.777. The molecule has 1 unspecified atom stereocenters. The van der Waals surface area contributed by atoms with Crippen LogP contribution in [0, 0.1) is 33.5 Å². The second-order valence-corrected chi connectivity index (χ2v) is 9.96. The van der Waals surface area contributed by atoms with Crippen molar-refractivity contribution >= 4 is 11.8 Å². The topological polar surface area (TPSA) is 54.4 Å². The minimum Gasteiger partial charge on any atom is -0.481 e. The lowest BCUT2D eigenvalue weighted by Gasteiger charge is -2.63. The molecule has 4 rings (SSSR count). The molecule has 0 aromatic rings. The van der Waals surface area contributed by atoms with E-state index in [-0.39, 0.29) is 22.2 Å². The molecule has 0 amide bonds. The predicted molar refractivity (Wildman–Crippen MR) is 87.9 cm³/mol. The number of aliphatic carboxylic acids is 1. The SMILES string of the molecule is C[C@@]12CC[C@@H]3[C@@](CCC4[C@](C)(C(=O)O)CCC[C@]43C)(CC1=O)C2. The highest BCUT2D eigenvalue weighted by Gasteiger charge is 2.68. The molecule has 3 heteroatoms. The molecule has 2 bridgehead atoms. The molecule has 1 spiro atoms. The van der Waals surface area contributed by atoms with Gasteiger partial charge in [-0.15, -0.1) is 0 Å². The molecule has 4 saturated carbocycles. The summed E-state index contributed by atoms with van der Waals surface area (Å²) in [6.07, 6.45) is 9.04. The molecule has 0 aromatic heterocycles. The first kappa shape index (κ1) is 15.7. The summed E-state index contributed by atoms with van der Waals surface area (Å²) >= 11 is 0. The molecule has 4 fully saturated rings. The summed E-state index contributed by atoms with van der Waals surface area (Å²) < 4.78 is 0. The van der Waals surface area contributed by atoms with E-state index in [0.29, 0.717) is 11.7 Å². The van der Waals surface area contributed by atoms with Crippen LogP contribution in [0.25, 0.3) is 0 Å². The van der Waals surface area contributed by atoms with Crippen molar-refractivity contribution in [3.63, 3.8) is 0 Å². The largest absolute Gasteiger partial charge is 0.481 e. The zero-order chi connectivity index (χ0) is 16.7. The average Bonchev–Trinajstić information content (AvgIpc) is 2.63.